The fourth-order valence-electron chi connectivity index (χ4n) is 3.41. The molecule has 0 bridgehead atoms. The van der Waals surface area contributed by atoms with Crippen LogP contribution in [0.1, 0.15) is 16.7 Å². The number of benzene rings is 4. The fraction of sp³-hybridized carbons (Fsp3) is 0.107. The minimum atomic E-state index is -1.75. The third-order valence-corrected chi connectivity index (χ3v) is 12.0. The third-order valence-electron chi connectivity index (χ3n) is 5.06. The Hall–Kier alpha value is -2.18. The van der Waals surface area contributed by atoms with Crippen molar-refractivity contribution in [3.05, 3.63) is 130 Å². The predicted octanol–water partition coefficient (Wildman–Crippen LogP) is 8.14. The normalized spacial score (nSPS) is 10.4. The van der Waals surface area contributed by atoms with E-state index in [0.29, 0.717) is 27.0 Å². The van der Waals surface area contributed by atoms with Crippen LogP contribution in [-0.2, 0) is 20.1 Å². The zero-order valence-electron chi connectivity index (χ0n) is 18.9. The zero-order valence-corrected chi connectivity index (χ0v) is 24.0. The van der Waals surface area contributed by atoms with Crippen molar-refractivity contribution in [2.45, 2.75) is 15.3 Å². The summed E-state index contributed by atoms with van der Waals surface area (Å²) in [6.45, 7) is 0. The number of hydrogen-bond donors (Lipinski definition) is 2. The number of para-hydroxylation sites is 2. The molecule has 4 aromatic carbocycles. The molecule has 4 aromatic rings. The van der Waals surface area contributed by atoms with Gasteiger partial charge in [-0.25, -0.2) is 0 Å². The van der Waals surface area contributed by atoms with E-state index in [1.165, 1.54) is 11.1 Å². The molecular formula is C28H25Cl3NO2Sn. The maximum atomic E-state index is 10.8. The third kappa shape index (κ3) is 9.41. The van der Waals surface area contributed by atoms with Crippen molar-refractivity contribution >= 4 is 68.1 Å². The van der Waals surface area contributed by atoms with Gasteiger partial charge in [-0.05, 0) is 23.8 Å². The fourth-order valence-corrected chi connectivity index (χ4v) is 10.2. The van der Waals surface area contributed by atoms with E-state index in [9.17, 15) is 4.79 Å². The van der Waals surface area contributed by atoms with Gasteiger partial charge in [0.1, 0.15) is 0 Å². The molecule has 4 rings (SSSR count). The second-order valence-corrected chi connectivity index (χ2v) is 17.2. The molecule has 0 saturated heterocycles. The number of halogens is 3. The first kappa shape index (κ1) is 27.4. The molecule has 0 atom stereocenters. The van der Waals surface area contributed by atoms with Crippen molar-refractivity contribution in [1.29, 1.82) is 0 Å². The van der Waals surface area contributed by atoms with Crippen molar-refractivity contribution < 1.29 is 9.90 Å². The summed E-state index contributed by atoms with van der Waals surface area (Å²) in [6.07, 6.45) is -0.0642. The van der Waals surface area contributed by atoms with Crippen LogP contribution in [0.4, 0.5) is 11.4 Å². The average Bonchev–Trinajstić information content (AvgIpc) is 2.84. The van der Waals surface area contributed by atoms with Crippen LogP contribution >= 0.6 is 32.1 Å². The molecule has 0 aliphatic carbocycles. The summed E-state index contributed by atoms with van der Waals surface area (Å²) in [5, 5.41) is 12.9. The Kier molecular flexibility index (Phi) is 11.3. The SMILES string of the molecule is O=C(O)Cc1ccccc1Nc1c(Cl)cccc1Cl.[Cl][Sn]([CH2]c1ccccc1)[CH2]c1ccccc1. The molecule has 0 unspecified atom stereocenters. The van der Waals surface area contributed by atoms with Gasteiger partial charge in [0.2, 0.25) is 0 Å². The molecule has 0 amide bonds. The molecule has 0 spiro atoms. The second kappa shape index (κ2) is 14.4. The van der Waals surface area contributed by atoms with Gasteiger partial charge in [0.15, 0.2) is 0 Å². The predicted molar refractivity (Wildman–Crippen MR) is 149 cm³/mol. The molecule has 2 N–H and O–H groups in total. The van der Waals surface area contributed by atoms with Crippen LogP contribution in [0.2, 0.25) is 10.0 Å². The van der Waals surface area contributed by atoms with Crippen LogP contribution in [0.25, 0.3) is 0 Å². The number of anilines is 2. The number of carboxylic acids is 1. The van der Waals surface area contributed by atoms with Gasteiger partial charge in [0.05, 0.1) is 22.2 Å². The van der Waals surface area contributed by atoms with Crippen molar-refractivity contribution in [2.24, 2.45) is 0 Å². The number of carbonyl (C=O) groups is 1. The van der Waals surface area contributed by atoms with Gasteiger partial charge < -0.3 is 10.4 Å². The molecule has 3 nitrogen and oxygen atoms in total. The molecule has 0 heterocycles. The summed E-state index contributed by atoms with van der Waals surface area (Å²) in [6, 6.07) is 33.5. The Morgan fingerprint density at radius 1 is 0.714 bits per heavy atom. The van der Waals surface area contributed by atoms with Gasteiger partial charge in [-0.2, -0.15) is 0 Å². The van der Waals surface area contributed by atoms with E-state index in [4.69, 9.17) is 37.2 Å². The molecule has 1 radical (unpaired) electrons. The van der Waals surface area contributed by atoms with Gasteiger partial charge in [0.25, 0.3) is 0 Å². The van der Waals surface area contributed by atoms with Gasteiger partial charge in [0, 0.05) is 5.69 Å². The zero-order chi connectivity index (χ0) is 25.0. The molecule has 179 valence electrons. The van der Waals surface area contributed by atoms with Gasteiger partial charge in [-0.15, -0.1) is 0 Å². The first-order valence-corrected chi connectivity index (χ1v) is 19.4. The van der Waals surface area contributed by atoms with Gasteiger partial charge in [-0.1, -0.05) is 47.5 Å². The van der Waals surface area contributed by atoms with Crippen molar-refractivity contribution in [3.8, 4) is 0 Å². The van der Waals surface area contributed by atoms with E-state index >= 15 is 0 Å². The standard InChI is InChI=1S/C14H11Cl2NO2.2C7H7.ClH.Sn/c15-10-5-3-6-11(16)14(10)17-12-7-2-1-4-9(12)8-13(18)19;2*1-7-5-3-2-4-6-7;;/h1-7,17H,8H2,(H,18,19);2*2-6H,1H2;1H;/q;;;;+1/p-1. The first-order valence-electron chi connectivity index (χ1n) is 11.0. The molecule has 0 fully saturated rings. The molecule has 0 saturated carbocycles. The van der Waals surface area contributed by atoms with Crippen molar-refractivity contribution in [3.63, 3.8) is 0 Å². The van der Waals surface area contributed by atoms with Crippen LogP contribution in [0.3, 0.4) is 0 Å². The van der Waals surface area contributed by atoms with Crippen LogP contribution in [0.5, 0.6) is 0 Å². The van der Waals surface area contributed by atoms with Crippen LogP contribution in [0.15, 0.2) is 103 Å². The molecule has 35 heavy (non-hydrogen) atoms. The number of carboxylic acid groups (broad SMARTS) is 1. The summed E-state index contributed by atoms with van der Waals surface area (Å²) < 4.78 is 2.25. The van der Waals surface area contributed by atoms with Crippen molar-refractivity contribution in [2.75, 3.05) is 5.32 Å². The van der Waals surface area contributed by atoms with Gasteiger partial charge in [-0.3, -0.25) is 4.79 Å². The van der Waals surface area contributed by atoms with Crippen molar-refractivity contribution in [1.82, 2.24) is 0 Å². The van der Waals surface area contributed by atoms with Crippen LogP contribution in [0, 0.1) is 0 Å². The molecule has 7 heteroatoms. The summed E-state index contributed by atoms with van der Waals surface area (Å²) in [5.74, 6) is -0.889. The Balaban J connectivity index is 0.000000198. The van der Waals surface area contributed by atoms with Gasteiger partial charge >= 0.3 is 114 Å². The Morgan fingerprint density at radius 2 is 1.20 bits per heavy atom. The maximum absolute atomic E-state index is 10.8. The summed E-state index contributed by atoms with van der Waals surface area (Å²) in [4.78, 5) is 10.8. The molecular weight excluding hydrogens is 607 g/mol. The van der Waals surface area contributed by atoms with E-state index in [1.54, 1.807) is 36.4 Å². The monoisotopic (exact) mass is 632 g/mol. The Labute approximate surface area is 227 Å². The van der Waals surface area contributed by atoms with E-state index in [2.05, 4.69) is 66.0 Å². The molecule has 0 aromatic heterocycles. The first-order chi connectivity index (χ1) is 16.9. The second-order valence-electron chi connectivity index (χ2n) is 7.79. The summed E-state index contributed by atoms with van der Waals surface area (Å²) in [5.41, 5.74) is 4.71. The summed E-state index contributed by atoms with van der Waals surface area (Å²) >= 11 is 10.4. The van der Waals surface area contributed by atoms with E-state index in [1.807, 2.05) is 6.07 Å². The number of aliphatic carboxylic acids is 1. The topological polar surface area (TPSA) is 49.3 Å². The van der Waals surface area contributed by atoms with Crippen LogP contribution < -0.4 is 5.32 Å². The Bertz CT molecular complexity index is 1160. The van der Waals surface area contributed by atoms with E-state index in [0.717, 1.165) is 8.87 Å². The van der Waals surface area contributed by atoms with E-state index in [-0.39, 0.29) is 6.42 Å². The number of hydrogen-bond acceptors (Lipinski definition) is 2. The molecule has 0 aliphatic rings. The van der Waals surface area contributed by atoms with Crippen LogP contribution in [-0.4, -0.2) is 29.7 Å². The summed E-state index contributed by atoms with van der Waals surface area (Å²) in [7, 11) is 6.55. The number of rotatable bonds is 8. The molecule has 0 aliphatic heterocycles. The minimum absolute atomic E-state index is 0.0642. The number of nitrogens with one attached hydrogen (secondary N) is 1. The average molecular weight is 633 g/mol. The van der Waals surface area contributed by atoms with E-state index < -0.39 is 24.6 Å². The quantitative estimate of drug-likeness (QED) is 0.193. The Morgan fingerprint density at radius 3 is 1.71 bits per heavy atom.